The zero-order valence-electron chi connectivity index (χ0n) is 13.3. The van der Waals surface area contributed by atoms with Crippen LogP contribution in [-0.4, -0.2) is 16.6 Å². The van der Waals surface area contributed by atoms with Gasteiger partial charge in [0.15, 0.2) is 0 Å². The van der Waals surface area contributed by atoms with Gasteiger partial charge in [0.1, 0.15) is 0 Å². The third-order valence-corrected chi connectivity index (χ3v) is 4.66. The SMILES string of the molecule is CCc1ccc(C2=NN(C(C)=O)C(c3cccc(Br)c3)C2)cc1. The van der Waals surface area contributed by atoms with Crippen molar-refractivity contribution in [3.63, 3.8) is 0 Å². The first kappa shape index (κ1) is 15.9. The van der Waals surface area contributed by atoms with E-state index in [0.29, 0.717) is 0 Å². The number of hydrogen-bond donors (Lipinski definition) is 0. The molecule has 23 heavy (non-hydrogen) atoms. The normalized spacial score (nSPS) is 17.3. The largest absolute Gasteiger partial charge is 0.273 e. The van der Waals surface area contributed by atoms with E-state index in [-0.39, 0.29) is 11.9 Å². The number of benzene rings is 2. The van der Waals surface area contributed by atoms with Crippen molar-refractivity contribution < 1.29 is 4.79 Å². The molecule has 3 nitrogen and oxygen atoms in total. The maximum absolute atomic E-state index is 12.0. The minimum absolute atomic E-state index is 0.0323. The topological polar surface area (TPSA) is 32.7 Å². The molecule has 1 unspecified atom stereocenters. The Morgan fingerprint density at radius 2 is 2.00 bits per heavy atom. The van der Waals surface area contributed by atoms with E-state index in [9.17, 15) is 4.79 Å². The molecule has 2 aromatic carbocycles. The monoisotopic (exact) mass is 370 g/mol. The number of carbonyl (C=O) groups excluding carboxylic acids is 1. The Labute approximate surface area is 145 Å². The van der Waals surface area contributed by atoms with E-state index in [1.807, 2.05) is 18.2 Å². The zero-order chi connectivity index (χ0) is 16.4. The first-order chi connectivity index (χ1) is 11.1. The second-order valence-corrected chi connectivity index (χ2v) is 6.65. The van der Waals surface area contributed by atoms with Crippen LogP contribution in [0.5, 0.6) is 0 Å². The fourth-order valence-corrected chi connectivity index (χ4v) is 3.30. The van der Waals surface area contributed by atoms with Crippen molar-refractivity contribution in [2.75, 3.05) is 0 Å². The van der Waals surface area contributed by atoms with Gasteiger partial charge in [0.05, 0.1) is 11.8 Å². The molecule has 1 amide bonds. The van der Waals surface area contributed by atoms with E-state index in [2.05, 4.69) is 58.3 Å². The van der Waals surface area contributed by atoms with E-state index < -0.39 is 0 Å². The van der Waals surface area contributed by atoms with Gasteiger partial charge in [-0.2, -0.15) is 5.10 Å². The zero-order valence-corrected chi connectivity index (χ0v) is 14.9. The third-order valence-electron chi connectivity index (χ3n) is 4.16. The summed E-state index contributed by atoms with van der Waals surface area (Å²) >= 11 is 3.50. The number of nitrogens with zero attached hydrogens (tertiary/aromatic N) is 2. The Kier molecular flexibility index (Phi) is 4.62. The highest BCUT2D eigenvalue weighted by atomic mass is 79.9. The summed E-state index contributed by atoms with van der Waals surface area (Å²) in [6.45, 7) is 3.71. The summed E-state index contributed by atoms with van der Waals surface area (Å²) in [4.78, 5) is 12.0. The molecule has 3 rings (SSSR count). The molecule has 0 aromatic heterocycles. The molecular weight excluding hydrogens is 352 g/mol. The van der Waals surface area contributed by atoms with E-state index >= 15 is 0 Å². The fourth-order valence-electron chi connectivity index (χ4n) is 2.88. The van der Waals surface area contributed by atoms with Crippen LogP contribution in [0.4, 0.5) is 0 Å². The second kappa shape index (κ2) is 6.67. The van der Waals surface area contributed by atoms with E-state index in [1.165, 1.54) is 5.56 Å². The second-order valence-electron chi connectivity index (χ2n) is 5.74. The van der Waals surface area contributed by atoms with Crippen LogP contribution >= 0.6 is 15.9 Å². The lowest BCUT2D eigenvalue weighted by Crippen LogP contribution is -2.24. The number of aryl methyl sites for hydroxylation is 1. The molecule has 1 aliphatic heterocycles. The number of carbonyl (C=O) groups is 1. The lowest BCUT2D eigenvalue weighted by molar-refractivity contribution is -0.130. The van der Waals surface area contributed by atoms with Crippen LogP contribution in [0.2, 0.25) is 0 Å². The number of rotatable bonds is 3. The van der Waals surface area contributed by atoms with Gasteiger partial charge >= 0.3 is 0 Å². The highest BCUT2D eigenvalue weighted by Crippen LogP contribution is 2.33. The molecule has 4 heteroatoms. The van der Waals surface area contributed by atoms with Crippen molar-refractivity contribution in [2.45, 2.75) is 32.7 Å². The third kappa shape index (κ3) is 3.37. The average Bonchev–Trinajstić information content (AvgIpc) is 3.00. The number of halogens is 1. The Morgan fingerprint density at radius 1 is 1.26 bits per heavy atom. The summed E-state index contributed by atoms with van der Waals surface area (Å²) in [5, 5.41) is 6.19. The fraction of sp³-hybridized carbons (Fsp3) is 0.263. The van der Waals surface area contributed by atoms with Crippen molar-refractivity contribution >= 4 is 27.5 Å². The molecule has 0 fully saturated rings. The van der Waals surface area contributed by atoms with Crippen LogP contribution in [0.15, 0.2) is 58.1 Å². The molecule has 0 bridgehead atoms. The van der Waals surface area contributed by atoms with Crippen LogP contribution in [0.1, 0.15) is 43.0 Å². The molecule has 1 heterocycles. The van der Waals surface area contributed by atoms with E-state index in [1.54, 1.807) is 11.9 Å². The summed E-state index contributed by atoms with van der Waals surface area (Å²) in [5.41, 5.74) is 4.46. The molecule has 0 spiro atoms. The average molecular weight is 371 g/mol. The molecular formula is C19H19BrN2O. The van der Waals surface area contributed by atoms with Crippen molar-refractivity contribution in [1.29, 1.82) is 0 Å². The Balaban J connectivity index is 1.91. The minimum Gasteiger partial charge on any atom is -0.273 e. The van der Waals surface area contributed by atoms with Crippen LogP contribution in [-0.2, 0) is 11.2 Å². The summed E-state index contributed by atoms with van der Waals surface area (Å²) in [6, 6.07) is 16.5. The van der Waals surface area contributed by atoms with Gasteiger partial charge in [-0.25, -0.2) is 5.01 Å². The van der Waals surface area contributed by atoms with Crippen LogP contribution < -0.4 is 0 Å². The lowest BCUT2D eigenvalue weighted by atomic mass is 9.97. The molecule has 0 N–H and O–H groups in total. The van der Waals surface area contributed by atoms with E-state index in [0.717, 1.165) is 34.2 Å². The number of hydrogen-bond acceptors (Lipinski definition) is 2. The van der Waals surface area contributed by atoms with Crippen molar-refractivity contribution in [3.8, 4) is 0 Å². The predicted molar refractivity (Wildman–Crippen MR) is 96.4 cm³/mol. The van der Waals surface area contributed by atoms with Gasteiger partial charge in [-0.1, -0.05) is 59.3 Å². The first-order valence-corrected chi connectivity index (χ1v) is 8.60. The minimum atomic E-state index is -0.0362. The maximum Gasteiger partial charge on any atom is 0.240 e. The molecule has 1 aliphatic rings. The summed E-state index contributed by atoms with van der Waals surface area (Å²) < 4.78 is 1.01. The Bertz CT molecular complexity index is 752. The number of amides is 1. The number of hydrazone groups is 1. The van der Waals surface area contributed by atoms with Crippen molar-refractivity contribution in [2.24, 2.45) is 5.10 Å². The summed E-state index contributed by atoms with van der Waals surface area (Å²) in [5.74, 6) is -0.0323. The standard InChI is InChI=1S/C19H19BrN2O/c1-3-14-7-9-15(10-8-14)18-12-19(22(21-18)13(2)23)16-5-4-6-17(20)11-16/h4-11,19H,3,12H2,1-2H3. The van der Waals surface area contributed by atoms with Crippen LogP contribution in [0.3, 0.4) is 0 Å². The van der Waals surface area contributed by atoms with Gasteiger partial charge < -0.3 is 0 Å². The van der Waals surface area contributed by atoms with Gasteiger partial charge in [0.25, 0.3) is 0 Å². The predicted octanol–water partition coefficient (Wildman–Crippen LogP) is 4.71. The van der Waals surface area contributed by atoms with Gasteiger partial charge in [-0.15, -0.1) is 0 Å². The molecule has 2 aromatic rings. The molecule has 0 saturated carbocycles. The smallest absolute Gasteiger partial charge is 0.240 e. The summed E-state index contributed by atoms with van der Waals surface area (Å²) in [6.07, 6.45) is 1.76. The molecule has 0 aliphatic carbocycles. The molecule has 0 saturated heterocycles. The van der Waals surface area contributed by atoms with Gasteiger partial charge in [0.2, 0.25) is 5.91 Å². The van der Waals surface area contributed by atoms with Crippen molar-refractivity contribution in [1.82, 2.24) is 5.01 Å². The summed E-state index contributed by atoms with van der Waals surface area (Å²) in [7, 11) is 0. The van der Waals surface area contributed by atoms with Crippen LogP contribution in [0.25, 0.3) is 0 Å². The Morgan fingerprint density at radius 3 is 2.61 bits per heavy atom. The highest BCUT2D eigenvalue weighted by molar-refractivity contribution is 9.10. The quantitative estimate of drug-likeness (QED) is 0.769. The van der Waals surface area contributed by atoms with Gasteiger partial charge in [0, 0.05) is 17.8 Å². The highest BCUT2D eigenvalue weighted by Gasteiger charge is 2.31. The van der Waals surface area contributed by atoms with Crippen molar-refractivity contribution in [3.05, 3.63) is 69.7 Å². The molecule has 0 radical (unpaired) electrons. The molecule has 1 atom stereocenters. The first-order valence-electron chi connectivity index (χ1n) is 7.80. The molecule has 118 valence electrons. The lowest BCUT2D eigenvalue weighted by Gasteiger charge is -2.20. The van der Waals surface area contributed by atoms with Crippen LogP contribution in [0, 0.1) is 0 Å². The van der Waals surface area contributed by atoms with Gasteiger partial charge in [-0.05, 0) is 35.2 Å². The Hall–Kier alpha value is -1.94. The maximum atomic E-state index is 12.0. The van der Waals surface area contributed by atoms with E-state index in [4.69, 9.17) is 0 Å². The van der Waals surface area contributed by atoms with Gasteiger partial charge in [-0.3, -0.25) is 4.79 Å².